The van der Waals surface area contributed by atoms with E-state index in [-0.39, 0.29) is 5.91 Å². The minimum atomic E-state index is -0.0152. The van der Waals surface area contributed by atoms with Gasteiger partial charge in [-0.05, 0) is 12.1 Å². The largest absolute Gasteiger partial charge is 0.617 e. The van der Waals surface area contributed by atoms with Crippen LogP contribution in [0.2, 0.25) is 0 Å². The number of aromatic nitrogens is 1. The van der Waals surface area contributed by atoms with Gasteiger partial charge in [-0.2, -0.15) is 4.73 Å². The summed E-state index contributed by atoms with van der Waals surface area (Å²) in [7, 11) is 4.85. The van der Waals surface area contributed by atoms with E-state index in [0.29, 0.717) is 47.3 Å². The van der Waals surface area contributed by atoms with E-state index >= 15 is 0 Å². The van der Waals surface area contributed by atoms with E-state index in [2.05, 4.69) is 15.1 Å². The van der Waals surface area contributed by atoms with Crippen molar-refractivity contribution in [3.8, 4) is 17.2 Å². The number of carbonyl (C=O) groups excluding carboxylic acids is 1. The normalized spacial score (nSPS) is 14.7. The highest BCUT2D eigenvalue weighted by Crippen LogP contribution is 2.40. The lowest BCUT2D eigenvalue weighted by atomic mass is 10.1. The van der Waals surface area contributed by atoms with Crippen LogP contribution in [-0.2, 0) is 17.8 Å². The standard InChI is InChI=1S/C25H32N4O5S/c1-32-20-9-8-18(24(33-2)25(20)34-3)16-27-12-14-28(15-13-27)17-22(30)26-11-10-23-29(31)19-6-4-5-7-21(19)35-23/h4-9H,10-17H2,1-3H3,(H,26,30). The molecule has 0 radical (unpaired) electrons. The van der Waals surface area contributed by atoms with Crippen LogP contribution < -0.4 is 24.3 Å². The average molecular weight is 501 g/mol. The number of para-hydroxylation sites is 1. The van der Waals surface area contributed by atoms with Gasteiger partial charge in [0, 0.05) is 50.9 Å². The predicted octanol–water partition coefficient (Wildman–Crippen LogP) is 2.04. The summed E-state index contributed by atoms with van der Waals surface area (Å²) in [6.07, 6.45) is 0.523. The van der Waals surface area contributed by atoms with Crippen LogP contribution in [0.25, 0.3) is 10.2 Å². The van der Waals surface area contributed by atoms with Gasteiger partial charge in [-0.1, -0.05) is 29.5 Å². The summed E-state index contributed by atoms with van der Waals surface area (Å²) in [4.78, 5) is 17.0. The molecule has 0 bridgehead atoms. The Bertz CT molecular complexity index is 1160. The second-order valence-electron chi connectivity index (χ2n) is 8.40. The third-order valence-electron chi connectivity index (χ3n) is 6.21. The number of nitrogens with zero attached hydrogens (tertiary/aromatic N) is 3. The zero-order valence-corrected chi connectivity index (χ0v) is 21.2. The lowest BCUT2D eigenvalue weighted by Crippen LogP contribution is -2.49. The molecule has 2 heterocycles. The van der Waals surface area contributed by atoms with Gasteiger partial charge in [0.25, 0.3) is 5.01 Å². The van der Waals surface area contributed by atoms with Crippen LogP contribution in [0.15, 0.2) is 36.4 Å². The molecule has 1 aliphatic heterocycles. The number of hydrogen-bond acceptors (Lipinski definition) is 8. The van der Waals surface area contributed by atoms with Crippen molar-refractivity contribution < 1.29 is 23.7 Å². The molecule has 1 saturated heterocycles. The molecule has 3 aromatic rings. The summed E-state index contributed by atoms with van der Waals surface area (Å²) in [5.41, 5.74) is 1.72. The molecule has 4 rings (SSSR count). The van der Waals surface area contributed by atoms with Crippen molar-refractivity contribution in [2.45, 2.75) is 13.0 Å². The van der Waals surface area contributed by atoms with E-state index in [9.17, 15) is 10.0 Å². The summed E-state index contributed by atoms with van der Waals surface area (Å²) >= 11 is 1.48. The predicted molar refractivity (Wildman–Crippen MR) is 135 cm³/mol. The van der Waals surface area contributed by atoms with E-state index in [1.165, 1.54) is 11.3 Å². The smallest absolute Gasteiger partial charge is 0.251 e. The molecule has 0 spiro atoms. The molecule has 0 aliphatic carbocycles. The molecule has 0 atom stereocenters. The van der Waals surface area contributed by atoms with Crippen molar-refractivity contribution in [2.24, 2.45) is 0 Å². The molecule has 1 fully saturated rings. The van der Waals surface area contributed by atoms with E-state index in [4.69, 9.17) is 14.2 Å². The number of nitrogens with one attached hydrogen (secondary N) is 1. The summed E-state index contributed by atoms with van der Waals surface area (Å²) in [6, 6.07) is 11.4. The van der Waals surface area contributed by atoms with Crippen molar-refractivity contribution in [1.82, 2.24) is 15.1 Å². The highest BCUT2D eigenvalue weighted by atomic mass is 32.1. The second kappa shape index (κ2) is 11.6. The number of ether oxygens (including phenoxy) is 3. The van der Waals surface area contributed by atoms with E-state index in [1.54, 1.807) is 21.3 Å². The van der Waals surface area contributed by atoms with Gasteiger partial charge in [-0.25, -0.2) is 0 Å². The molecule has 0 unspecified atom stereocenters. The number of amides is 1. The number of methoxy groups -OCH3 is 3. The van der Waals surface area contributed by atoms with E-state index in [1.807, 2.05) is 36.4 Å². The first-order valence-electron chi connectivity index (χ1n) is 11.6. The molecule has 1 amide bonds. The number of fused-ring (bicyclic) bond motifs is 1. The van der Waals surface area contributed by atoms with Crippen LogP contribution in [0.4, 0.5) is 0 Å². The van der Waals surface area contributed by atoms with Gasteiger partial charge in [0.05, 0.1) is 34.3 Å². The van der Waals surface area contributed by atoms with Crippen molar-refractivity contribution >= 4 is 27.5 Å². The summed E-state index contributed by atoms with van der Waals surface area (Å²) in [6.45, 7) is 4.85. The molecule has 2 aromatic carbocycles. The van der Waals surface area contributed by atoms with Gasteiger partial charge in [0.2, 0.25) is 17.2 Å². The van der Waals surface area contributed by atoms with Gasteiger partial charge in [-0.15, -0.1) is 0 Å². The van der Waals surface area contributed by atoms with Gasteiger partial charge in [0.1, 0.15) is 4.70 Å². The fourth-order valence-electron chi connectivity index (χ4n) is 4.37. The second-order valence-corrected chi connectivity index (χ2v) is 9.52. The lowest BCUT2D eigenvalue weighted by Gasteiger charge is -2.34. The monoisotopic (exact) mass is 500 g/mol. The average Bonchev–Trinajstić information content (AvgIpc) is 3.20. The Balaban J connectivity index is 1.23. The number of thiazole rings is 1. The minimum absolute atomic E-state index is 0.0152. The molecule has 188 valence electrons. The van der Waals surface area contributed by atoms with Crippen LogP contribution in [0.3, 0.4) is 0 Å². The highest BCUT2D eigenvalue weighted by Gasteiger charge is 2.22. The van der Waals surface area contributed by atoms with Crippen molar-refractivity contribution in [2.75, 3.05) is 60.6 Å². The summed E-state index contributed by atoms with van der Waals surface area (Å²) in [5.74, 6) is 1.91. The zero-order chi connectivity index (χ0) is 24.8. The van der Waals surface area contributed by atoms with Crippen molar-refractivity contribution in [3.63, 3.8) is 0 Å². The fraction of sp³-hybridized carbons (Fsp3) is 0.440. The van der Waals surface area contributed by atoms with Gasteiger partial charge in [-0.3, -0.25) is 14.6 Å². The number of rotatable bonds is 10. The quantitative estimate of drug-likeness (QED) is 0.337. The van der Waals surface area contributed by atoms with Crippen LogP contribution in [0, 0.1) is 5.21 Å². The molecule has 1 N–H and O–H groups in total. The van der Waals surface area contributed by atoms with Crippen LogP contribution in [0.1, 0.15) is 10.6 Å². The van der Waals surface area contributed by atoms with E-state index in [0.717, 1.165) is 47.7 Å². The van der Waals surface area contributed by atoms with Crippen molar-refractivity contribution in [1.29, 1.82) is 0 Å². The summed E-state index contributed by atoms with van der Waals surface area (Å²) in [5, 5.41) is 16.0. The maximum absolute atomic E-state index is 12.5. The number of piperazine rings is 1. The van der Waals surface area contributed by atoms with Gasteiger partial charge < -0.3 is 24.7 Å². The van der Waals surface area contributed by atoms with E-state index < -0.39 is 0 Å². The Kier molecular flexibility index (Phi) is 8.27. The molecule has 1 aromatic heterocycles. The van der Waals surface area contributed by atoms with Gasteiger partial charge in [0.15, 0.2) is 11.5 Å². The highest BCUT2D eigenvalue weighted by molar-refractivity contribution is 7.18. The first-order chi connectivity index (χ1) is 17.0. The fourth-order valence-corrected chi connectivity index (χ4v) is 5.41. The Hall–Kier alpha value is -3.08. The maximum Gasteiger partial charge on any atom is 0.251 e. The van der Waals surface area contributed by atoms with Crippen molar-refractivity contribution in [3.05, 3.63) is 52.2 Å². The van der Waals surface area contributed by atoms with Crippen LogP contribution >= 0.6 is 11.3 Å². The maximum atomic E-state index is 12.5. The Morgan fingerprint density at radius 1 is 1.00 bits per heavy atom. The number of benzene rings is 2. The molecule has 1 aliphatic rings. The SMILES string of the molecule is COc1ccc(CN2CCN(CC(=O)NCCc3sc4ccccc4[n+]3[O-])CC2)c(OC)c1OC. The van der Waals surface area contributed by atoms with Crippen LogP contribution in [0.5, 0.6) is 17.2 Å². The topological polar surface area (TPSA) is 90.2 Å². The molecular formula is C25H32N4O5S. The third-order valence-corrected chi connectivity index (χ3v) is 7.38. The molecule has 35 heavy (non-hydrogen) atoms. The number of carbonyl (C=O) groups is 1. The first kappa shape index (κ1) is 25.0. The Morgan fingerprint density at radius 2 is 1.71 bits per heavy atom. The molecular weight excluding hydrogens is 468 g/mol. The lowest BCUT2D eigenvalue weighted by molar-refractivity contribution is -0.580. The zero-order valence-electron chi connectivity index (χ0n) is 20.4. The molecule has 10 heteroatoms. The molecule has 0 saturated carbocycles. The number of hydrogen-bond donors (Lipinski definition) is 1. The Morgan fingerprint density at radius 3 is 2.40 bits per heavy atom. The van der Waals surface area contributed by atoms with Gasteiger partial charge >= 0.3 is 0 Å². The summed E-state index contributed by atoms with van der Waals surface area (Å²) < 4.78 is 18.4. The molecule has 9 nitrogen and oxygen atoms in total. The first-order valence-corrected chi connectivity index (χ1v) is 12.4. The Labute approximate surface area is 209 Å². The minimum Gasteiger partial charge on any atom is -0.617 e. The van der Waals surface area contributed by atoms with Crippen LogP contribution in [-0.4, -0.2) is 76.3 Å². The third kappa shape index (κ3) is 5.77.